The van der Waals surface area contributed by atoms with Gasteiger partial charge in [-0.2, -0.15) is 9.97 Å². The van der Waals surface area contributed by atoms with Crippen molar-refractivity contribution in [1.82, 2.24) is 15.0 Å². The number of rotatable bonds is 3. The molecule has 1 heterocycles. The first-order chi connectivity index (χ1) is 8.17. The van der Waals surface area contributed by atoms with Crippen LogP contribution in [0.2, 0.25) is 5.28 Å². The van der Waals surface area contributed by atoms with Gasteiger partial charge in [0.15, 0.2) is 0 Å². The predicted molar refractivity (Wildman–Crippen MR) is 57.9 cm³/mol. The number of halogens is 2. The quantitative estimate of drug-likeness (QED) is 0.843. The minimum absolute atomic E-state index is 0.0244. The van der Waals surface area contributed by atoms with E-state index in [0.29, 0.717) is 0 Å². The number of nitrogens with zero attached hydrogens (tertiary/aromatic N) is 3. The molecule has 0 bridgehead atoms. The lowest BCUT2D eigenvalue weighted by Crippen LogP contribution is -1.98. The van der Waals surface area contributed by atoms with Gasteiger partial charge in [0.2, 0.25) is 5.28 Å². The minimum atomic E-state index is -0.422. The average molecular weight is 256 g/mol. The maximum atomic E-state index is 12.9. The van der Waals surface area contributed by atoms with Gasteiger partial charge in [-0.05, 0) is 23.7 Å². The summed E-state index contributed by atoms with van der Waals surface area (Å²) in [5, 5.41) is -0.0664. The smallest absolute Gasteiger partial charge is 0.329 e. The summed E-state index contributed by atoms with van der Waals surface area (Å²) in [6.45, 7) is 0. The number of aromatic nitrogens is 3. The van der Waals surface area contributed by atoms with Gasteiger partial charge in [0.05, 0.1) is 7.11 Å². The third-order valence-electron chi connectivity index (χ3n) is 1.75. The first-order valence-corrected chi connectivity index (χ1v) is 4.94. The van der Waals surface area contributed by atoms with Crippen LogP contribution in [-0.4, -0.2) is 22.1 Å². The molecule has 2 aromatic rings. The van der Waals surface area contributed by atoms with Crippen LogP contribution >= 0.6 is 11.6 Å². The highest BCUT2D eigenvalue weighted by Crippen LogP contribution is 2.20. The zero-order valence-corrected chi connectivity index (χ0v) is 9.48. The van der Waals surface area contributed by atoms with Crippen LogP contribution in [0.15, 0.2) is 24.3 Å². The Hall–Kier alpha value is -1.95. The Morgan fingerprint density at radius 3 is 2.65 bits per heavy atom. The van der Waals surface area contributed by atoms with Gasteiger partial charge in [0, 0.05) is 6.07 Å². The molecule has 0 fully saturated rings. The number of ether oxygens (including phenoxy) is 2. The molecule has 0 aliphatic carbocycles. The van der Waals surface area contributed by atoms with E-state index in [0.717, 1.165) is 0 Å². The summed E-state index contributed by atoms with van der Waals surface area (Å²) in [6, 6.07) is 5.53. The van der Waals surface area contributed by atoms with Gasteiger partial charge in [-0.25, -0.2) is 4.39 Å². The molecule has 17 heavy (non-hydrogen) atoms. The fourth-order valence-electron chi connectivity index (χ4n) is 1.09. The molecule has 1 aromatic carbocycles. The Balaban J connectivity index is 2.26. The molecule has 1 aromatic heterocycles. The van der Waals surface area contributed by atoms with E-state index in [9.17, 15) is 4.39 Å². The zero-order valence-electron chi connectivity index (χ0n) is 8.72. The van der Waals surface area contributed by atoms with Crippen LogP contribution < -0.4 is 9.47 Å². The molecule has 7 heteroatoms. The van der Waals surface area contributed by atoms with Gasteiger partial charge in [-0.1, -0.05) is 6.07 Å². The molecule has 0 atom stereocenters. The molecule has 0 aliphatic heterocycles. The Morgan fingerprint density at radius 1 is 1.18 bits per heavy atom. The van der Waals surface area contributed by atoms with Crippen molar-refractivity contribution in [2.24, 2.45) is 0 Å². The number of methoxy groups -OCH3 is 1. The molecule has 88 valence electrons. The molecule has 0 N–H and O–H groups in total. The summed E-state index contributed by atoms with van der Waals surface area (Å²) in [6.07, 6.45) is 0. The lowest BCUT2D eigenvalue weighted by Gasteiger charge is -2.04. The van der Waals surface area contributed by atoms with E-state index in [1.165, 1.54) is 25.3 Å². The van der Waals surface area contributed by atoms with Crippen LogP contribution in [0.3, 0.4) is 0 Å². The van der Waals surface area contributed by atoms with Crippen molar-refractivity contribution in [3.8, 4) is 17.8 Å². The Kier molecular flexibility index (Phi) is 3.34. The topological polar surface area (TPSA) is 57.1 Å². The molecule has 0 saturated carbocycles. The fourth-order valence-corrected chi connectivity index (χ4v) is 1.23. The molecule has 0 saturated heterocycles. The van der Waals surface area contributed by atoms with Crippen molar-refractivity contribution in [2.45, 2.75) is 0 Å². The SMILES string of the molecule is COc1nc(Cl)nc(Oc2cccc(F)c2)n1. The molecule has 0 unspecified atom stereocenters. The number of benzene rings is 1. The molecule has 0 spiro atoms. The van der Waals surface area contributed by atoms with Crippen LogP contribution in [0.1, 0.15) is 0 Å². The van der Waals surface area contributed by atoms with Crippen molar-refractivity contribution in [1.29, 1.82) is 0 Å². The van der Waals surface area contributed by atoms with Crippen LogP contribution in [0, 0.1) is 5.82 Å². The van der Waals surface area contributed by atoms with Crippen molar-refractivity contribution in [3.05, 3.63) is 35.4 Å². The van der Waals surface area contributed by atoms with E-state index in [1.807, 2.05) is 0 Å². The van der Waals surface area contributed by atoms with Crippen LogP contribution in [-0.2, 0) is 0 Å². The molecule has 0 amide bonds. The van der Waals surface area contributed by atoms with E-state index in [-0.39, 0.29) is 23.1 Å². The highest BCUT2D eigenvalue weighted by atomic mass is 35.5. The Morgan fingerprint density at radius 2 is 1.94 bits per heavy atom. The molecule has 2 rings (SSSR count). The second-order valence-corrected chi connectivity index (χ2v) is 3.27. The van der Waals surface area contributed by atoms with E-state index in [2.05, 4.69) is 15.0 Å². The van der Waals surface area contributed by atoms with E-state index in [4.69, 9.17) is 21.1 Å². The molecule has 5 nitrogen and oxygen atoms in total. The van der Waals surface area contributed by atoms with Gasteiger partial charge >= 0.3 is 12.0 Å². The molecule has 0 aliphatic rings. The van der Waals surface area contributed by atoms with Gasteiger partial charge in [-0.15, -0.1) is 4.98 Å². The third-order valence-corrected chi connectivity index (χ3v) is 1.92. The summed E-state index contributed by atoms with van der Waals surface area (Å²) < 4.78 is 22.9. The number of hydrogen-bond acceptors (Lipinski definition) is 5. The second kappa shape index (κ2) is 4.92. The van der Waals surface area contributed by atoms with Crippen molar-refractivity contribution >= 4 is 11.6 Å². The monoisotopic (exact) mass is 255 g/mol. The fraction of sp³-hybridized carbons (Fsp3) is 0.100. The summed E-state index contributed by atoms with van der Waals surface area (Å²) in [5.41, 5.74) is 0. The normalized spacial score (nSPS) is 10.1. The largest absolute Gasteiger partial charge is 0.467 e. The summed E-state index contributed by atoms with van der Waals surface area (Å²) in [7, 11) is 1.39. The lowest BCUT2D eigenvalue weighted by atomic mass is 10.3. The van der Waals surface area contributed by atoms with Gasteiger partial charge in [0.1, 0.15) is 11.6 Å². The first kappa shape index (κ1) is 11.5. The van der Waals surface area contributed by atoms with Crippen molar-refractivity contribution in [3.63, 3.8) is 0 Å². The molecular formula is C10H7ClFN3O2. The van der Waals surface area contributed by atoms with Gasteiger partial charge in [0.25, 0.3) is 0 Å². The summed E-state index contributed by atoms with van der Waals surface area (Å²) >= 11 is 5.63. The van der Waals surface area contributed by atoms with Crippen LogP contribution in [0.4, 0.5) is 4.39 Å². The summed E-state index contributed by atoms with van der Waals surface area (Å²) in [5.74, 6) is -0.163. The summed E-state index contributed by atoms with van der Waals surface area (Å²) in [4.78, 5) is 11.2. The lowest BCUT2D eigenvalue weighted by molar-refractivity contribution is 0.358. The van der Waals surface area contributed by atoms with Crippen LogP contribution in [0.25, 0.3) is 0 Å². The van der Waals surface area contributed by atoms with E-state index < -0.39 is 5.82 Å². The Labute approximate surface area is 101 Å². The van der Waals surface area contributed by atoms with Gasteiger partial charge in [-0.3, -0.25) is 0 Å². The van der Waals surface area contributed by atoms with E-state index in [1.54, 1.807) is 6.07 Å². The maximum absolute atomic E-state index is 12.9. The highest BCUT2D eigenvalue weighted by molar-refractivity contribution is 6.28. The predicted octanol–water partition coefficient (Wildman–Crippen LogP) is 2.46. The highest BCUT2D eigenvalue weighted by Gasteiger charge is 2.07. The van der Waals surface area contributed by atoms with Crippen LogP contribution in [0.5, 0.6) is 17.8 Å². The third kappa shape index (κ3) is 3.01. The molecule has 0 radical (unpaired) electrons. The standard InChI is InChI=1S/C10H7ClFN3O2/c1-16-9-13-8(11)14-10(15-9)17-7-4-2-3-6(12)5-7/h2-5H,1H3. The average Bonchev–Trinajstić information content (AvgIpc) is 2.28. The Bertz CT molecular complexity index is 539. The van der Waals surface area contributed by atoms with Crippen molar-refractivity contribution in [2.75, 3.05) is 7.11 Å². The molecular weight excluding hydrogens is 249 g/mol. The second-order valence-electron chi connectivity index (χ2n) is 2.93. The minimum Gasteiger partial charge on any atom is -0.467 e. The van der Waals surface area contributed by atoms with E-state index >= 15 is 0 Å². The number of hydrogen-bond donors (Lipinski definition) is 0. The maximum Gasteiger partial charge on any atom is 0.329 e. The van der Waals surface area contributed by atoms with Gasteiger partial charge < -0.3 is 9.47 Å². The van der Waals surface area contributed by atoms with Crippen molar-refractivity contribution < 1.29 is 13.9 Å². The first-order valence-electron chi connectivity index (χ1n) is 4.56. The zero-order chi connectivity index (χ0) is 12.3.